The molecule has 35 heavy (non-hydrogen) atoms. The second kappa shape index (κ2) is 11.8. The van der Waals surface area contributed by atoms with E-state index in [0.717, 1.165) is 40.4 Å². The molecule has 5 nitrogen and oxygen atoms in total. The summed E-state index contributed by atoms with van der Waals surface area (Å²) >= 11 is 1.74. The van der Waals surface area contributed by atoms with Gasteiger partial charge >= 0.3 is 5.97 Å². The number of ether oxygens (including phenoxy) is 2. The molecule has 2 aromatic carbocycles. The number of hydrogen-bond donors (Lipinski definition) is 1. The summed E-state index contributed by atoms with van der Waals surface area (Å²) in [6.07, 6.45) is 1.26. The van der Waals surface area contributed by atoms with Crippen LogP contribution < -0.4 is 4.74 Å². The third-order valence-electron chi connectivity index (χ3n) is 6.08. The van der Waals surface area contributed by atoms with Gasteiger partial charge in [-0.25, -0.2) is 9.78 Å². The molecule has 6 heteroatoms. The average Bonchev–Trinajstić information content (AvgIpc) is 3.17. The van der Waals surface area contributed by atoms with Crippen molar-refractivity contribution in [3.05, 3.63) is 69.7 Å². The molecule has 0 bridgehead atoms. The highest BCUT2D eigenvalue weighted by Crippen LogP contribution is 2.30. The Labute approximate surface area is 213 Å². The third kappa shape index (κ3) is 7.39. The number of carboxylic acid groups (broad SMARTS) is 1. The van der Waals surface area contributed by atoms with Crippen molar-refractivity contribution in [3.63, 3.8) is 0 Å². The highest BCUT2D eigenvalue weighted by Gasteiger charge is 2.19. The summed E-state index contributed by atoms with van der Waals surface area (Å²) in [5.74, 6) is -0.141. The quantitative estimate of drug-likeness (QED) is 0.297. The maximum Gasteiger partial charge on any atom is 0.333 e. The van der Waals surface area contributed by atoms with E-state index in [1.54, 1.807) is 18.3 Å². The van der Waals surface area contributed by atoms with Gasteiger partial charge in [-0.2, -0.15) is 0 Å². The van der Waals surface area contributed by atoms with Crippen molar-refractivity contribution in [2.45, 2.75) is 72.3 Å². The fourth-order valence-corrected chi connectivity index (χ4v) is 4.90. The Balaban J connectivity index is 1.53. The molecule has 0 fully saturated rings. The smallest absolute Gasteiger partial charge is 0.333 e. The minimum absolute atomic E-state index is 0.145. The standard InChI is InChI=1S/C29H37NO4S/c1-7-33-26(28(31)32)18-22-12-15-24(17-19(22)2)34-16-8-9-25-20(3)35-27(30-25)21-10-13-23(14-11-21)29(4,5)6/h10-15,17,26H,7-9,16,18H2,1-6H3,(H,31,32). The van der Waals surface area contributed by atoms with Crippen molar-refractivity contribution in [1.29, 1.82) is 0 Å². The third-order valence-corrected chi connectivity index (χ3v) is 7.14. The summed E-state index contributed by atoms with van der Waals surface area (Å²) in [6, 6.07) is 14.5. The summed E-state index contributed by atoms with van der Waals surface area (Å²) in [7, 11) is 0. The van der Waals surface area contributed by atoms with Gasteiger partial charge in [0.25, 0.3) is 0 Å². The predicted octanol–water partition coefficient (Wildman–Crippen LogP) is 6.77. The lowest BCUT2D eigenvalue weighted by Gasteiger charge is -2.18. The summed E-state index contributed by atoms with van der Waals surface area (Å²) in [4.78, 5) is 17.5. The molecule has 0 aliphatic rings. The molecule has 1 N–H and O–H groups in total. The number of nitrogens with zero attached hydrogens (tertiary/aromatic N) is 1. The Morgan fingerprint density at radius 3 is 2.43 bits per heavy atom. The first-order chi connectivity index (χ1) is 16.6. The lowest BCUT2D eigenvalue weighted by Crippen LogP contribution is -2.26. The zero-order valence-electron chi connectivity index (χ0n) is 21.7. The molecular formula is C29H37NO4S. The molecule has 0 spiro atoms. The summed E-state index contributed by atoms with van der Waals surface area (Å²) in [5, 5.41) is 10.4. The van der Waals surface area contributed by atoms with Crippen molar-refractivity contribution in [3.8, 4) is 16.3 Å². The van der Waals surface area contributed by atoms with Gasteiger partial charge in [0, 0.05) is 23.5 Å². The van der Waals surface area contributed by atoms with E-state index in [1.807, 2.05) is 25.1 Å². The highest BCUT2D eigenvalue weighted by atomic mass is 32.1. The van der Waals surface area contributed by atoms with Crippen LogP contribution in [0.25, 0.3) is 10.6 Å². The van der Waals surface area contributed by atoms with Gasteiger partial charge in [0.05, 0.1) is 12.3 Å². The van der Waals surface area contributed by atoms with E-state index in [9.17, 15) is 9.90 Å². The number of aryl methyl sites for hydroxylation is 3. The Bertz CT molecular complexity index is 1130. The van der Waals surface area contributed by atoms with Crippen LogP contribution in [0.4, 0.5) is 0 Å². The fourth-order valence-electron chi connectivity index (χ4n) is 3.93. The molecule has 0 amide bonds. The molecule has 0 aliphatic heterocycles. The Hall–Kier alpha value is -2.70. The SMILES string of the molecule is CCOC(Cc1ccc(OCCCc2nc(-c3ccc(C(C)(C)C)cc3)sc2C)cc1C)C(=O)O. The van der Waals surface area contributed by atoms with Gasteiger partial charge in [-0.15, -0.1) is 11.3 Å². The summed E-state index contributed by atoms with van der Waals surface area (Å²) < 4.78 is 11.3. The first-order valence-corrected chi connectivity index (χ1v) is 13.0. The second-order valence-electron chi connectivity index (χ2n) is 9.88. The van der Waals surface area contributed by atoms with E-state index in [-0.39, 0.29) is 5.41 Å². The molecule has 0 saturated carbocycles. The average molecular weight is 496 g/mol. The molecule has 1 atom stereocenters. The monoisotopic (exact) mass is 495 g/mol. The molecular weight excluding hydrogens is 458 g/mol. The Morgan fingerprint density at radius 1 is 1.11 bits per heavy atom. The van der Waals surface area contributed by atoms with Crippen molar-refractivity contribution in [2.75, 3.05) is 13.2 Å². The predicted molar refractivity (Wildman–Crippen MR) is 143 cm³/mol. The number of hydrogen-bond acceptors (Lipinski definition) is 5. The number of aliphatic carboxylic acids is 1. The highest BCUT2D eigenvalue weighted by molar-refractivity contribution is 7.15. The van der Waals surface area contributed by atoms with Crippen LogP contribution in [-0.4, -0.2) is 35.4 Å². The molecule has 0 saturated heterocycles. The van der Waals surface area contributed by atoms with Crippen LogP contribution in [0.2, 0.25) is 0 Å². The van der Waals surface area contributed by atoms with Crippen LogP contribution in [0.3, 0.4) is 0 Å². The van der Waals surface area contributed by atoms with E-state index in [2.05, 4.69) is 52.0 Å². The number of aromatic nitrogens is 1. The fraction of sp³-hybridized carbons (Fsp3) is 0.448. The Kier molecular flexibility index (Phi) is 9.09. The van der Waals surface area contributed by atoms with Gasteiger partial charge in [0.15, 0.2) is 6.10 Å². The van der Waals surface area contributed by atoms with Crippen molar-refractivity contribution in [1.82, 2.24) is 4.98 Å². The molecule has 1 heterocycles. The number of rotatable bonds is 11. The van der Waals surface area contributed by atoms with Crippen LogP contribution >= 0.6 is 11.3 Å². The van der Waals surface area contributed by atoms with Gasteiger partial charge in [-0.05, 0) is 67.9 Å². The normalized spacial score (nSPS) is 12.5. The topological polar surface area (TPSA) is 68.7 Å². The summed E-state index contributed by atoms with van der Waals surface area (Å²) in [6.45, 7) is 13.6. The zero-order valence-corrected chi connectivity index (χ0v) is 22.5. The van der Waals surface area contributed by atoms with Crippen molar-refractivity contribution >= 4 is 17.3 Å². The van der Waals surface area contributed by atoms with E-state index in [0.29, 0.717) is 19.6 Å². The van der Waals surface area contributed by atoms with Gasteiger partial charge in [-0.3, -0.25) is 0 Å². The minimum atomic E-state index is -0.936. The number of carbonyl (C=O) groups is 1. The molecule has 1 unspecified atom stereocenters. The maximum atomic E-state index is 11.4. The van der Waals surface area contributed by atoms with Crippen molar-refractivity contribution in [2.24, 2.45) is 0 Å². The number of thiazole rings is 1. The van der Waals surface area contributed by atoms with Crippen LogP contribution in [-0.2, 0) is 27.8 Å². The zero-order chi connectivity index (χ0) is 25.6. The molecule has 3 aromatic rings. The second-order valence-corrected chi connectivity index (χ2v) is 11.1. The van der Waals surface area contributed by atoms with Gasteiger partial charge in [0.1, 0.15) is 10.8 Å². The van der Waals surface area contributed by atoms with E-state index >= 15 is 0 Å². The Morgan fingerprint density at radius 2 is 1.83 bits per heavy atom. The van der Waals surface area contributed by atoms with Crippen LogP contribution in [0.15, 0.2) is 42.5 Å². The van der Waals surface area contributed by atoms with Gasteiger partial charge in [0.2, 0.25) is 0 Å². The number of carboxylic acids is 1. The van der Waals surface area contributed by atoms with E-state index in [4.69, 9.17) is 14.5 Å². The molecule has 188 valence electrons. The first kappa shape index (κ1) is 26.9. The maximum absolute atomic E-state index is 11.4. The van der Waals surface area contributed by atoms with Gasteiger partial charge < -0.3 is 14.6 Å². The van der Waals surface area contributed by atoms with Crippen molar-refractivity contribution < 1.29 is 19.4 Å². The van der Waals surface area contributed by atoms with Crippen LogP contribution in [0, 0.1) is 13.8 Å². The first-order valence-electron chi connectivity index (χ1n) is 12.2. The molecule has 0 radical (unpaired) electrons. The largest absolute Gasteiger partial charge is 0.494 e. The lowest BCUT2D eigenvalue weighted by molar-refractivity contribution is -0.149. The van der Waals surface area contributed by atoms with Crippen LogP contribution in [0.5, 0.6) is 5.75 Å². The van der Waals surface area contributed by atoms with E-state index < -0.39 is 12.1 Å². The summed E-state index contributed by atoms with van der Waals surface area (Å²) in [5.41, 5.74) is 5.73. The van der Waals surface area contributed by atoms with Crippen LogP contribution in [0.1, 0.15) is 61.4 Å². The molecule has 0 aliphatic carbocycles. The van der Waals surface area contributed by atoms with E-state index in [1.165, 1.54) is 16.0 Å². The molecule has 3 rings (SSSR count). The van der Waals surface area contributed by atoms with Gasteiger partial charge in [-0.1, -0.05) is 51.1 Å². The number of benzene rings is 2. The minimum Gasteiger partial charge on any atom is -0.494 e. The lowest BCUT2D eigenvalue weighted by atomic mass is 9.87. The molecule has 1 aromatic heterocycles.